The van der Waals surface area contributed by atoms with Crippen LogP contribution in [0, 0.1) is 0 Å². The second-order valence-corrected chi connectivity index (χ2v) is 10.6. The van der Waals surface area contributed by atoms with Crippen LogP contribution in [0.1, 0.15) is 34.1 Å². The van der Waals surface area contributed by atoms with Crippen molar-refractivity contribution in [2.75, 3.05) is 6.61 Å². The van der Waals surface area contributed by atoms with Crippen molar-refractivity contribution < 1.29 is 9.53 Å². The van der Waals surface area contributed by atoms with Crippen LogP contribution in [-0.4, -0.2) is 26.1 Å². The Morgan fingerprint density at radius 1 is 1.40 bits per heavy atom. The summed E-state index contributed by atoms with van der Waals surface area (Å²) < 4.78 is 5.95. The van der Waals surface area contributed by atoms with Crippen molar-refractivity contribution in [2.45, 2.75) is 58.4 Å². The van der Waals surface area contributed by atoms with Crippen molar-refractivity contribution in [2.24, 2.45) is 0 Å². The molecule has 0 spiro atoms. The van der Waals surface area contributed by atoms with Gasteiger partial charge in [-0.15, -0.1) is 0 Å². The van der Waals surface area contributed by atoms with E-state index in [0.29, 0.717) is 13.0 Å². The summed E-state index contributed by atoms with van der Waals surface area (Å²) in [7, 11) is -1.65. The smallest absolute Gasteiger partial charge is 0.191 e. The third-order valence-corrected chi connectivity index (χ3v) is 7.77. The quantitative estimate of drug-likeness (QED) is 0.580. The first-order valence-corrected chi connectivity index (χ1v) is 8.46. The van der Waals surface area contributed by atoms with Crippen LogP contribution < -0.4 is 0 Å². The van der Waals surface area contributed by atoms with Crippen molar-refractivity contribution in [1.29, 1.82) is 0 Å². The molecule has 0 amide bonds. The van der Waals surface area contributed by atoms with Gasteiger partial charge < -0.3 is 9.53 Å². The monoisotopic (exact) mass is 230 g/mol. The molecule has 0 aromatic rings. The van der Waals surface area contributed by atoms with Crippen molar-refractivity contribution in [1.82, 2.24) is 0 Å². The number of aliphatic hydroxyl groups excluding tert-OH is 1. The van der Waals surface area contributed by atoms with Crippen molar-refractivity contribution >= 4 is 8.32 Å². The Morgan fingerprint density at radius 2 is 1.87 bits per heavy atom. The molecule has 0 rings (SSSR count). The van der Waals surface area contributed by atoms with Gasteiger partial charge in [-0.1, -0.05) is 32.9 Å². The normalized spacial score (nSPS) is 15.1. The molecule has 1 N–H and O–H groups in total. The van der Waals surface area contributed by atoms with Gasteiger partial charge in [-0.2, -0.15) is 0 Å². The predicted molar refractivity (Wildman–Crippen MR) is 68.6 cm³/mol. The minimum Gasteiger partial charge on any atom is -0.417 e. The van der Waals surface area contributed by atoms with E-state index in [9.17, 15) is 5.11 Å². The van der Waals surface area contributed by atoms with E-state index in [1.165, 1.54) is 0 Å². The van der Waals surface area contributed by atoms with Gasteiger partial charge in [0.25, 0.3) is 0 Å². The van der Waals surface area contributed by atoms with Gasteiger partial charge in [0, 0.05) is 6.61 Å². The summed E-state index contributed by atoms with van der Waals surface area (Å²) in [6.45, 7) is 17.3. The molecule has 0 unspecified atom stereocenters. The second kappa shape index (κ2) is 5.28. The zero-order valence-corrected chi connectivity index (χ0v) is 12.1. The minimum absolute atomic E-state index is 0.237. The Morgan fingerprint density at radius 3 is 2.20 bits per heavy atom. The Labute approximate surface area is 95.5 Å². The molecular weight excluding hydrogens is 204 g/mol. The topological polar surface area (TPSA) is 29.5 Å². The van der Waals surface area contributed by atoms with Crippen LogP contribution >= 0.6 is 0 Å². The average Bonchev–Trinajstić information content (AvgIpc) is 2.01. The predicted octanol–water partition coefficient (Wildman–Crippen LogP) is 3.34. The molecule has 0 bridgehead atoms. The lowest BCUT2D eigenvalue weighted by Gasteiger charge is -2.36. The first-order valence-electron chi connectivity index (χ1n) is 5.55. The fourth-order valence-electron chi connectivity index (χ4n) is 0.889. The third kappa shape index (κ3) is 4.95. The maximum atomic E-state index is 9.56. The van der Waals surface area contributed by atoms with Gasteiger partial charge in [0.05, 0.1) is 6.10 Å². The van der Waals surface area contributed by atoms with Crippen LogP contribution in [-0.2, 0) is 4.43 Å². The Bertz CT molecular complexity index is 216. The fourth-order valence-corrected chi connectivity index (χ4v) is 1.95. The molecule has 0 aliphatic rings. The molecule has 0 aromatic carbocycles. The molecule has 0 heterocycles. The molecule has 0 radical (unpaired) electrons. The first kappa shape index (κ1) is 14.9. The van der Waals surface area contributed by atoms with Crippen LogP contribution in [0.3, 0.4) is 0 Å². The second-order valence-electron chi connectivity index (χ2n) is 5.76. The van der Waals surface area contributed by atoms with Crippen LogP contribution in [0.5, 0.6) is 0 Å². The molecule has 15 heavy (non-hydrogen) atoms. The highest BCUT2D eigenvalue weighted by atomic mass is 28.4. The van der Waals surface area contributed by atoms with E-state index in [1.54, 1.807) is 0 Å². The summed E-state index contributed by atoms with van der Waals surface area (Å²) in [5.74, 6) is 0. The molecule has 0 saturated carbocycles. The fraction of sp³-hybridized carbons (Fsp3) is 0.833. The highest BCUT2D eigenvalue weighted by Crippen LogP contribution is 2.36. The Balaban J connectivity index is 4.01. The standard InChI is InChI=1S/C12H26O2Si/c1-10(2)11(13)8-9-14-15(6,7)12(3,4)5/h11,13H,1,8-9H2,2-7H3/t11-/m1/s1. The van der Waals surface area contributed by atoms with E-state index >= 15 is 0 Å². The molecule has 0 aliphatic carbocycles. The highest BCUT2D eigenvalue weighted by Gasteiger charge is 2.36. The molecule has 1 atom stereocenters. The van der Waals surface area contributed by atoms with Crippen molar-refractivity contribution in [3.8, 4) is 0 Å². The largest absolute Gasteiger partial charge is 0.417 e. The minimum atomic E-state index is -1.65. The molecule has 0 saturated heterocycles. The number of aliphatic hydroxyl groups is 1. The Kier molecular flexibility index (Phi) is 5.24. The lowest BCUT2D eigenvalue weighted by Crippen LogP contribution is -2.41. The molecule has 90 valence electrons. The summed E-state index contributed by atoms with van der Waals surface area (Å²) in [6.07, 6.45) is 0.233. The van der Waals surface area contributed by atoms with E-state index < -0.39 is 14.4 Å². The highest BCUT2D eigenvalue weighted by molar-refractivity contribution is 6.74. The van der Waals surface area contributed by atoms with Crippen LogP contribution in [0.4, 0.5) is 0 Å². The lowest BCUT2D eigenvalue weighted by atomic mass is 10.1. The van der Waals surface area contributed by atoms with Gasteiger partial charge in [-0.05, 0) is 31.5 Å². The molecule has 2 nitrogen and oxygen atoms in total. The van der Waals surface area contributed by atoms with Crippen LogP contribution in [0.2, 0.25) is 18.1 Å². The zero-order valence-electron chi connectivity index (χ0n) is 11.1. The summed E-state index contributed by atoms with van der Waals surface area (Å²) >= 11 is 0. The van der Waals surface area contributed by atoms with Crippen LogP contribution in [0.15, 0.2) is 12.2 Å². The SMILES string of the molecule is C=C(C)[C@H](O)CCO[Si](C)(C)C(C)(C)C. The van der Waals surface area contributed by atoms with Crippen molar-refractivity contribution in [3.05, 3.63) is 12.2 Å². The maximum Gasteiger partial charge on any atom is 0.191 e. The summed E-state index contributed by atoms with van der Waals surface area (Å²) in [6, 6.07) is 0. The molecule has 0 aromatic heterocycles. The Hall–Kier alpha value is -0.123. The molecular formula is C12H26O2Si. The summed E-state index contributed by atoms with van der Waals surface area (Å²) in [4.78, 5) is 0. The summed E-state index contributed by atoms with van der Waals surface area (Å²) in [5, 5.41) is 9.80. The van der Waals surface area contributed by atoms with Gasteiger partial charge in [0.15, 0.2) is 8.32 Å². The van der Waals surface area contributed by atoms with Gasteiger partial charge in [-0.25, -0.2) is 0 Å². The van der Waals surface area contributed by atoms with E-state index in [-0.39, 0.29) is 5.04 Å². The van der Waals surface area contributed by atoms with E-state index in [2.05, 4.69) is 40.4 Å². The molecule has 0 fully saturated rings. The molecule has 3 heteroatoms. The van der Waals surface area contributed by atoms with Gasteiger partial charge in [0.2, 0.25) is 0 Å². The van der Waals surface area contributed by atoms with Gasteiger partial charge >= 0.3 is 0 Å². The average molecular weight is 230 g/mol. The van der Waals surface area contributed by atoms with E-state index in [1.807, 2.05) is 6.92 Å². The summed E-state index contributed by atoms with van der Waals surface area (Å²) in [5.41, 5.74) is 0.814. The zero-order chi connectivity index (χ0) is 12.3. The number of hydrogen-bond donors (Lipinski definition) is 1. The molecule has 0 aliphatic heterocycles. The number of rotatable bonds is 5. The van der Waals surface area contributed by atoms with E-state index in [0.717, 1.165) is 5.57 Å². The third-order valence-electron chi connectivity index (χ3n) is 3.23. The van der Waals surface area contributed by atoms with E-state index in [4.69, 9.17) is 4.43 Å². The number of hydrogen-bond acceptors (Lipinski definition) is 2. The maximum absolute atomic E-state index is 9.56. The van der Waals surface area contributed by atoms with Crippen molar-refractivity contribution in [3.63, 3.8) is 0 Å². The van der Waals surface area contributed by atoms with Gasteiger partial charge in [0.1, 0.15) is 0 Å². The first-order chi connectivity index (χ1) is 6.58. The van der Waals surface area contributed by atoms with Gasteiger partial charge in [-0.3, -0.25) is 0 Å². The van der Waals surface area contributed by atoms with Crippen LogP contribution in [0.25, 0.3) is 0 Å². The lowest BCUT2D eigenvalue weighted by molar-refractivity contribution is 0.163.